The van der Waals surface area contributed by atoms with Crippen LogP contribution in [0, 0.1) is 11.3 Å². The highest BCUT2D eigenvalue weighted by Crippen LogP contribution is 2.29. The number of nitriles is 1. The number of hydrogen-bond donors (Lipinski definition) is 1. The van der Waals surface area contributed by atoms with Crippen LogP contribution >= 0.6 is 11.6 Å². The molecule has 1 aliphatic rings. The standard InChI is InChI=1S/C18H17ClN4O4/c1-26-18(25)16-15(21)12(9-20)10-23(16)14-8-11(2-3-13(14)19)17(24)22-4-6-27-7-5-22/h2-3,8,10H,4-7,21H2,1H3. The number of methoxy groups -OCH3 is 1. The number of amides is 1. The normalized spacial score (nSPS) is 13.9. The summed E-state index contributed by atoms with van der Waals surface area (Å²) in [6.45, 7) is 1.97. The van der Waals surface area contributed by atoms with Crippen LogP contribution in [0.5, 0.6) is 0 Å². The highest BCUT2D eigenvalue weighted by Gasteiger charge is 2.24. The van der Waals surface area contributed by atoms with Crippen molar-refractivity contribution in [3.05, 3.63) is 46.2 Å². The molecule has 1 saturated heterocycles. The van der Waals surface area contributed by atoms with E-state index in [2.05, 4.69) is 0 Å². The number of halogens is 1. The molecule has 1 aromatic carbocycles. The van der Waals surface area contributed by atoms with E-state index in [1.807, 2.05) is 6.07 Å². The summed E-state index contributed by atoms with van der Waals surface area (Å²) in [4.78, 5) is 26.6. The predicted molar refractivity (Wildman–Crippen MR) is 98.0 cm³/mol. The molecule has 1 fully saturated rings. The molecule has 8 nitrogen and oxygen atoms in total. The number of ether oxygens (including phenoxy) is 2. The van der Waals surface area contributed by atoms with E-state index in [0.717, 1.165) is 0 Å². The molecule has 0 saturated carbocycles. The summed E-state index contributed by atoms with van der Waals surface area (Å²) in [5.74, 6) is -0.883. The molecule has 2 N–H and O–H groups in total. The summed E-state index contributed by atoms with van der Waals surface area (Å²) >= 11 is 6.30. The Balaban J connectivity index is 2.09. The molecule has 27 heavy (non-hydrogen) atoms. The van der Waals surface area contributed by atoms with Crippen molar-refractivity contribution in [2.24, 2.45) is 0 Å². The number of carbonyl (C=O) groups is 2. The van der Waals surface area contributed by atoms with E-state index in [1.165, 1.54) is 17.9 Å². The Morgan fingerprint density at radius 2 is 2.04 bits per heavy atom. The van der Waals surface area contributed by atoms with Gasteiger partial charge in [0, 0.05) is 24.8 Å². The Labute approximate surface area is 160 Å². The largest absolute Gasteiger partial charge is 0.464 e. The fourth-order valence-electron chi connectivity index (χ4n) is 2.88. The number of anilines is 1. The van der Waals surface area contributed by atoms with E-state index in [0.29, 0.717) is 37.6 Å². The first-order valence-corrected chi connectivity index (χ1v) is 8.52. The number of morpholine rings is 1. The van der Waals surface area contributed by atoms with Gasteiger partial charge in [-0.05, 0) is 18.2 Å². The summed E-state index contributed by atoms with van der Waals surface area (Å²) < 4.78 is 11.4. The van der Waals surface area contributed by atoms with Crippen molar-refractivity contribution < 1.29 is 19.1 Å². The van der Waals surface area contributed by atoms with E-state index in [4.69, 9.17) is 26.8 Å². The fourth-order valence-corrected chi connectivity index (χ4v) is 3.09. The van der Waals surface area contributed by atoms with Crippen LogP contribution in [0.3, 0.4) is 0 Å². The van der Waals surface area contributed by atoms with E-state index >= 15 is 0 Å². The van der Waals surface area contributed by atoms with Crippen LogP contribution in [0.25, 0.3) is 5.69 Å². The van der Waals surface area contributed by atoms with Crippen molar-refractivity contribution in [3.63, 3.8) is 0 Å². The molecule has 1 aromatic heterocycles. The van der Waals surface area contributed by atoms with Crippen LogP contribution in [0.2, 0.25) is 5.02 Å². The number of carbonyl (C=O) groups excluding carboxylic acids is 2. The quantitative estimate of drug-likeness (QED) is 0.803. The van der Waals surface area contributed by atoms with Gasteiger partial charge in [0.2, 0.25) is 0 Å². The van der Waals surface area contributed by atoms with Crippen LogP contribution in [0.4, 0.5) is 5.69 Å². The summed E-state index contributed by atoms with van der Waals surface area (Å²) in [5, 5.41) is 9.53. The maximum atomic E-state index is 12.7. The van der Waals surface area contributed by atoms with Crippen molar-refractivity contribution in [3.8, 4) is 11.8 Å². The molecule has 2 heterocycles. The number of rotatable bonds is 3. The van der Waals surface area contributed by atoms with Gasteiger partial charge in [0.05, 0.1) is 42.3 Å². The Hall–Kier alpha value is -3.02. The zero-order valence-electron chi connectivity index (χ0n) is 14.6. The third-order valence-electron chi connectivity index (χ3n) is 4.29. The fraction of sp³-hybridized carbons (Fsp3) is 0.278. The number of nitrogens with two attached hydrogens (primary N) is 1. The van der Waals surface area contributed by atoms with Gasteiger partial charge in [-0.15, -0.1) is 0 Å². The summed E-state index contributed by atoms with van der Waals surface area (Å²) in [7, 11) is 1.21. The lowest BCUT2D eigenvalue weighted by atomic mass is 10.1. The zero-order chi connectivity index (χ0) is 19.6. The van der Waals surface area contributed by atoms with Gasteiger partial charge in [0.1, 0.15) is 6.07 Å². The summed E-state index contributed by atoms with van der Waals surface area (Å²) in [5.41, 5.74) is 6.75. The number of benzene rings is 1. The lowest BCUT2D eigenvalue weighted by molar-refractivity contribution is 0.0303. The molecule has 1 amide bonds. The van der Waals surface area contributed by atoms with Crippen molar-refractivity contribution in [2.75, 3.05) is 39.1 Å². The van der Waals surface area contributed by atoms with Crippen LogP contribution in [0.15, 0.2) is 24.4 Å². The molecule has 3 rings (SSSR count). The number of esters is 1. The average molecular weight is 389 g/mol. The van der Waals surface area contributed by atoms with Crippen LogP contribution in [-0.4, -0.2) is 54.8 Å². The maximum Gasteiger partial charge on any atom is 0.357 e. The van der Waals surface area contributed by atoms with Gasteiger partial charge in [-0.1, -0.05) is 11.6 Å². The number of aromatic nitrogens is 1. The smallest absolute Gasteiger partial charge is 0.357 e. The van der Waals surface area contributed by atoms with E-state index in [1.54, 1.807) is 23.1 Å². The lowest BCUT2D eigenvalue weighted by Crippen LogP contribution is -2.40. The molecule has 0 aliphatic carbocycles. The molecule has 2 aromatic rings. The van der Waals surface area contributed by atoms with E-state index in [-0.39, 0.29) is 27.9 Å². The van der Waals surface area contributed by atoms with Gasteiger partial charge in [0.15, 0.2) is 5.69 Å². The van der Waals surface area contributed by atoms with Gasteiger partial charge < -0.3 is 24.7 Å². The second-order valence-electron chi connectivity index (χ2n) is 5.85. The molecule has 140 valence electrons. The van der Waals surface area contributed by atoms with Crippen LogP contribution < -0.4 is 5.73 Å². The first-order chi connectivity index (χ1) is 13.0. The molecular weight excluding hydrogens is 372 g/mol. The minimum absolute atomic E-state index is 0.00896. The molecule has 9 heteroatoms. The van der Waals surface area contributed by atoms with Crippen LogP contribution in [0.1, 0.15) is 26.4 Å². The monoisotopic (exact) mass is 388 g/mol. The Bertz CT molecular complexity index is 942. The summed E-state index contributed by atoms with van der Waals surface area (Å²) in [6, 6.07) is 6.66. The van der Waals surface area contributed by atoms with E-state index in [9.17, 15) is 14.9 Å². The van der Waals surface area contributed by atoms with Crippen molar-refractivity contribution in [1.82, 2.24) is 9.47 Å². The molecular formula is C18H17ClN4O4. The van der Waals surface area contributed by atoms with Gasteiger partial charge in [-0.25, -0.2) is 4.79 Å². The molecule has 0 bridgehead atoms. The topological polar surface area (TPSA) is 111 Å². The zero-order valence-corrected chi connectivity index (χ0v) is 15.3. The van der Waals surface area contributed by atoms with Crippen molar-refractivity contribution in [1.29, 1.82) is 5.26 Å². The van der Waals surface area contributed by atoms with Gasteiger partial charge in [-0.3, -0.25) is 4.79 Å². The molecule has 0 atom stereocenters. The second-order valence-corrected chi connectivity index (χ2v) is 6.26. The Kier molecular flexibility index (Phi) is 5.35. The molecule has 0 spiro atoms. The first-order valence-electron chi connectivity index (χ1n) is 8.14. The second kappa shape index (κ2) is 7.70. The minimum Gasteiger partial charge on any atom is -0.464 e. The molecule has 1 aliphatic heterocycles. The van der Waals surface area contributed by atoms with Gasteiger partial charge in [-0.2, -0.15) is 5.26 Å². The maximum absolute atomic E-state index is 12.7. The average Bonchev–Trinajstić information content (AvgIpc) is 3.04. The molecule has 0 unspecified atom stereocenters. The third kappa shape index (κ3) is 3.47. The molecule has 0 radical (unpaired) electrons. The Morgan fingerprint density at radius 1 is 1.33 bits per heavy atom. The SMILES string of the molecule is COC(=O)c1c(N)c(C#N)cn1-c1cc(C(=O)N2CCOCC2)ccc1Cl. The first kappa shape index (κ1) is 18.8. The number of nitrogens with zero attached hydrogens (tertiary/aromatic N) is 3. The van der Waals surface area contributed by atoms with Crippen LogP contribution in [-0.2, 0) is 9.47 Å². The minimum atomic E-state index is -0.713. The number of nitrogen functional groups attached to an aromatic ring is 1. The highest BCUT2D eigenvalue weighted by atomic mass is 35.5. The third-order valence-corrected chi connectivity index (χ3v) is 4.61. The highest BCUT2D eigenvalue weighted by molar-refractivity contribution is 6.32. The summed E-state index contributed by atoms with van der Waals surface area (Å²) in [6.07, 6.45) is 1.39. The predicted octanol–water partition coefficient (Wildman–Crippen LogP) is 1.84. The number of hydrogen-bond acceptors (Lipinski definition) is 6. The van der Waals surface area contributed by atoms with Gasteiger partial charge in [0.25, 0.3) is 5.91 Å². The lowest BCUT2D eigenvalue weighted by Gasteiger charge is -2.27. The Morgan fingerprint density at radius 3 is 2.67 bits per heavy atom. The van der Waals surface area contributed by atoms with Crippen molar-refractivity contribution >= 4 is 29.2 Å². The van der Waals surface area contributed by atoms with Gasteiger partial charge >= 0.3 is 5.97 Å². The van der Waals surface area contributed by atoms with Crippen molar-refractivity contribution in [2.45, 2.75) is 0 Å². The van der Waals surface area contributed by atoms with E-state index < -0.39 is 5.97 Å².